The van der Waals surface area contributed by atoms with Crippen LogP contribution in [0.4, 0.5) is 8.78 Å². The lowest BCUT2D eigenvalue weighted by molar-refractivity contribution is 0.276. The Hall–Kier alpha value is -1.83. The molecule has 0 aromatic heterocycles. The molecule has 3 rings (SSSR count). The van der Waals surface area contributed by atoms with Crippen molar-refractivity contribution in [2.75, 3.05) is 13.1 Å². The molecular formula is C17H18F2N2O2S. The molecule has 4 nitrogen and oxygen atoms in total. The van der Waals surface area contributed by atoms with Gasteiger partial charge in [0.2, 0.25) is 0 Å². The summed E-state index contributed by atoms with van der Waals surface area (Å²) in [6.45, 7) is 1.15. The number of nitrogens with zero attached hydrogens (tertiary/aromatic N) is 2. The molecule has 0 unspecified atom stereocenters. The predicted molar refractivity (Wildman–Crippen MR) is 87.2 cm³/mol. The van der Waals surface area contributed by atoms with Crippen LogP contribution in [0.25, 0.3) is 0 Å². The monoisotopic (exact) mass is 352 g/mol. The van der Waals surface area contributed by atoms with Gasteiger partial charge in [-0.05, 0) is 41.8 Å². The van der Waals surface area contributed by atoms with Gasteiger partial charge in [-0.15, -0.1) is 0 Å². The van der Waals surface area contributed by atoms with Crippen LogP contribution in [-0.4, -0.2) is 30.1 Å². The van der Waals surface area contributed by atoms with Gasteiger partial charge in [-0.2, -0.15) is 17.0 Å². The molecule has 1 fully saturated rings. The second kappa shape index (κ2) is 6.96. The van der Waals surface area contributed by atoms with Gasteiger partial charge in [0.15, 0.2) is 0 Å². The molecule has 0 radical (unpaired) electrons. The molecule has 2 aromatic rings. The predicted octanol–water partition coefficient (Wildman–Crippen LogP) is 2.92. The Bertz CT molecular complexity index is 810. The molecule has 24 heavy (non-hydrogen) atoms. The largest absolute Gasteiger partial charge is 0.282 e. The summed E-state index contributed by atoms with van der Waals surface area (Å²) in [5.74, 6) is -0.738. The van der Waals surface area contributed by atoms with Crippen molar-refractivity contribution in [1.82, 2.24) is 8.61 Å². The second-order valence-corrected chi connectivity index (χ2v) is 7.71. The molecule has 0 saturated carbocycles. The fourth-order valence-corrected chi connectivity index (χ4v) is 4.44. The Labute approximate surface area is 140 Å². The van der Waals surface area contributed by atoms with E-state index in [0.717, 1.165) is 5.56 Å². The van der Waals surface area contributed by atoms with Crippen LogP contribution in [0.15, 0.2) is 48.5 Å². The fourth-order valence-electron chi connectivity index (χ4n) is 2.77. The van der Waals surface area contributed by atoms with Crippen LogP contribution in [0.3, 0.4) is 0 Å². The van der Waals surface area contributed by atoms with Crippen molar-refractivity contribution in [2.45, 2.75) is 19.5 Å². The van der Waals surface area contributed by atoms with Gasteiger partial charge < -0.3 is 0 Å². The average Bonchev–Trinajstić information content (AvgIpc) is 2.53. The van der Waals surface area contributed by atoms with Crippen LogP contribution in [0.5, 0.6) is 0 Å². The molecule has 128 valence electrons. The van der Waals surface area contributed by atoms with Gasteiger partial charge in [0.05, 0.1) is 0 Å². The number of rotatable bonds is 4. The van der Waals surface area contributed by atoms with E-state index in [0.29, 0.717) is 25.1 Å². The first-order chi connectivity index (χ1) is 11.4. The van der Waals surface area contributed by atoms with Crippen molar-refractivity contribution in [3.8, 4) is 0 Å². The molecule has 0 bridgehead atoms. The minimum absolute atomic E-state index is 0.139. The van der Waals surface area contributed by atoms with Gasteiger partial charge in [0, 0.05) is 26.2 Å². The molecule has 0 spiro atoms. The SMILES string of the molecule is O=S1(=O)N(Cc2ccc(F)cc2)CCCN1Cc1cccc(F)c1. The van der Waals surface area contributed by atoms with Crippen molar-refractivity contribution in [2.24, 2.45) is 0 Å². The van der Waals surface area contributed by atoms with E-state index in [1.54, 1.807) is 24.3 Å². The van der Waals surface area contributed by atoms with E-state index in [1.165, 1.54) is 32.9 Å². The van der Waals surface area contributed by atoms with E-state index in [-0.39, 0.29) is 24.7 Å². The Morgan fingerprint density at radius 3 is 2.08 bits per heavy atom. The lowest BCUT2D eigenvalue weighted by Crippen LogP contribution is -2.48. The third-order valence-electron chi connectivity index (χ3n) is 3.99. The first kappa shape index (κ1) is 17.0. The minimum atomic E-state index is -3.63. The van der Waals surface area contributed by atoms with Crippen LogP contribution in [0.2, 0.25) is 0 Å². The van der Waals surface area contributed by atoms with Gasteiger partial charge >= 0.3 is 0 Å². The summed E-state index contributed by atoms with van der Waals surface area (Å²) in [5.41, 5.74) is 1.34. The molecule has 0 atom stereocenters. The van der Waals surface area contributed by atoms with E-state index in [2.05, 4.69) is 0 Å². The maximum atomic E-state index is 13.3. The number of hydrogen-bond donors (Lipinski definition) is 0. The summed E-state index contributed by atoms with van der Waals surface area (Å²) in [7, 11) is -3.63. The van der Waals surface area contributed by atoms with Crippen molar-refractivity contribution >= 4 is 10.2 Å². The van der Waals surface area contributed by atoms with Gasteiger partial charge in [-0.1, -0.05) is 24.3 Å². The average molecular weight is 352 g/mol. The zero-order valence-corrected chi connectivity index (χ0v) is 13.8. The van der Waals surface area contributed by atoms with Crippen LogP contribution >= 0.6 is 0 Å². The lowest BCUT2D eigenvalue weighted by atomic mass is 10.2. The molecule has 0 N–H and O–H groups in total. The fraction of sp³-hybridized carbons (Fsp3) is 0.294. The third kappa shape index (κ3) is 3.80. The van der Waals surface area contributed by atoms with Gasteiger partial charge in [0.1, 0.15) is 11.6 Å². The summed E-state index contributed by atoms with van der Waals surface area (Å²) in [6, 6.07) is 11.7. The quantitative estimate of drug-likeness (QED) is 0.849. The topological polar surface area (TPSA) is 40.6 Å². The zero-order valence-electron chi connectivity index (χ0n) is 13.0. The highest BCUT2D eigenvalue weighted by Gasteiger charge is 2.33. The van der Waals surface area contributed by atoms with Crippen LogP contribution in [0.1, 0.15) is 17.5 Å². The summed E-state index contributed by atoms with van der Waals surface area (Å²) in [5, 5.41) is 0. The van der Waals surface area contributed by atoms with E-state index < -0.39 is 10.2 Å². The standard InChI is InChI=1S/C17H18F2N2O2S/c18-16-7-5-14(6-8-16)12-20-9-2-10-21(24(20,22)23)13-15-3-1-4-17(19)11-15/h1,3-8,11H,2,9-10,12-13H2. The molecule has 1 aliphatic heterocycles. The van der Waals surface area contributed by atoms with E-state index >= 15 is 0 Å². The van der Waals surface area contributed by atoms with Crippen LogP contribution in [0, 0.1) is 11.6 Å². The van der Waals surface area contributed by atoms with Crippen molar-refractivity contribution < 1.29 is 17.2 Å². The molecule has 0 aliphatic carbocycles. The smallest absolute Gasteiger partial charge is 0.207 e. The van der Waals surface area contributed by atoms with E-state index in [1.807, 2.05) is 0 Å². The Balaban J connectivity index is 1.76. The van der Waals surface area contributed by atoms with Gasteiger partial charge in [0.25, 0.3) is 10.2 Å². The molecule has 2 aromatic carbocycles. The zero-order chi connectivity index (χ0) is 17.2. The molecule has 0 amide bonds. The van der Waals surface area contributed by atoms with E-state index in [9.17, 15) is 17.2 Å². The molecule has 1 aliphatic rings. The van der Waals surface area contributed by atoms with Gasteiger partial charge in [-0.25, -0.2) is 8.78 Å². The molecule has 1 heterocycles. The maximum Gasteiger partial charge on any atom is 0.282 e. The molecule has 7 heteroatoms. The first-order valence-electron chi connectivity index (χ1n) is 7.69. The summed E-state index contributed by atoms with van der Waals surface area (Å²) in [4.78, 5) is 0. The normalized spacial score (nSPS) is 18.6. The highest BCUT2D eigenvalue weighted by atomic mass is 32.2. The van der Waals surface area contributed by atoms with Crippen molar-refractivity contribution in [3.05, 3.63) is 71.3 Å². The van der Waals surface area contributed by atoms with Crippen molar-refractivity contribution in [1.29, 1.82) is 0 Å². The summed E-state index contributed by atoms with van der Waals surface area (Å²) < 4.78 is 54.5. The van der Waals surface area contributed by atoms with Crippen LogP contribution in [-0.2, 0) is 23.3 Å². The Kier molecular flexibility index (Phi) is 4.93. The number of benzene rings is 2. The van der Waals surface area contributed by atoms with E-state index in [4.69, 9.17) is 0 Å². The Morgan fingerprint density at radius 2 is 1.46 bits per heavy atom. The maximum absolute atomic E-state index is 13.3. The minimum Gasteiger partial charge on any atom is -0.207 e. The van der Waals surface area contributed by atoms with Crippen molar-refractivity contribution in [3.63, 3.8) is 0 Å². The van der Waals surface area contributed by atoms with Gasteiger partial charge in [-0.3, -0.25) is 0 Å². The molecule has 1 saturated heterocycles. The first-order valence-corrected chi connectivity index (χ1v) is 9.09. The Morgan fingerprint density at radius 1 is 0.833 bits per heavy atom. The second-order valence-electron chi connectivity index (χ2n) is 5.78. The van der Waals surface area contributed by atoms with Crippen LogP contribution < -0.4 is 0 Å². The summed E-state index contributed by atoms with van der Waals surface area (Å²) in [6.07, 6.45) is 0.690. The lowest BCUT2D eigenvalue weighted by Gasteiger charge is -2.34. The number of halogens is 2. The molecular weight excluding hydrogens is 334 g/mol. The number of hydrogen-bond acceptors (Lipinski definition) is 2. The highest BCUT2D eigenvalue weighted by Crippen LogP contribution is 2.22. The third-order valence-corrected chi connectivity index (χ3v) is 5.92. The highest BCUT2D eigenvalue weighted by molar-refractivity contribution is 7.86. The summed E-state index contributed by atoms with van der Waals surface area (Å²) >= 11 is 0.